The largest absolute Gasteiger partial charge is 0.309 e. The van der Waals surface area contributed by atoms with Crippen LogP contribution in [0.1, 0.15) is 0 Å². The van der Waals surface area contributed by atoms with Crippen LogP contribution in [0.4, 0.5) is 0 Å². The lowest BCUT2D eigenvalue weighted by Gasteiger charge is -2.13. The molecule has 6 heterocycles. The maximum absolute atomic E-state index is 5.30. The molecule has 0 N–H and O–H groups in total. The summed E-state index contributed by atoms with van der Waals surface area (Å²) in [6.07, 6.45) is 0. The molecular weight excluding hydrogens is 1430 g/mol. The van der Waals surface area contributed by atoms with Crippen LogP contribution in [0.2, 0.25) is 0 Å². The molecule has 0 atom stereocenters. The molecule has 0 fully saturated rings. The van der Waals surface area contributed by atoms with E-state index in [1.807, 2.05) is 6.07 Å². The Balaban J connectivity index is 0.000000138. The number of rotatable bonds is 11. The summed E-state index contributed by atoms with van der Waals surface area (Å²) in [7, 11) is 0. The lowest BCUT2D eigenvalue weighted by Crippen LogP contribution is -1.97. The van der Waals surface area contributed by atoms with Gasteiger partial charge in [0.1, 0.15) is 0 Å². The Hall–Kier alpha value is -15.8. The number of hydrogen-bond acceptors (Lipinski definition) is 3. The van der Waals surface area contributed by atoms with Crippen molar-refractivity contribution in [1.82, 2.24) is 33.2 Å². The van der Waals surface area contributed by atoms with Gasteiger partial charge in [-0.15, -0.1) is 0 Å². The second-order valence-electron chi connectivity index (χ2n) is 30.6. The van der Waals surface area contributed by atoms with Crippen LogP contribution in [0.5, 0.6) is 0 Å². The van der Waals surface area contributed by atoms with Crippen molar-refractivity contribution in [1.29, 1.82) is 0 Å². The summed E-state index contributed by atoms with van der Waals surface area (Å²) in [4.78, 5) is 15.6. The van der Waals surface area contributed by atoms with Gasteiger partial charge in [-0.3, -0.25) is 0 Å². The molecule has 6 aromatic heterocycles. The van der Waals surface area contributed by atoms with Crippen molar-refractivity contribution in [3.8, 4) is 101 Å². The summed E-state index contributed by atoms with van der Waals surface area (Å²) >= 11 is 0. The van der Waals surface area contributed by atoms with E-state index in [1.165, 1.54) is 131 Å². The van der Waals surface area contributed by atoms with Gasteiger partial charge in [-0.25, -0.2) is 15.0 Å². The third-order valence-corrected chi connectivity index (χ3v) is 23.8. The Morgan fingerprint density at radius 1 is 0.161 bits per heavy atom. The molecular formula is C111H71N7. The molecule has 0 aliphatic heterocycles. The van der Waals surface area contributed by atoms with E-state index in [0.717, 1.165) is 84.3 Å². The summed E-state index contributed by atoms with van der Waals surface area (Å²) in [5.41, 5.74) is 27.7. The third kappa shape index (κ3) is 11.5. The topological polar surface area (TPSA) is 58.4 Å². The Morgan fingerprint density at radius 2 is 0.508 bits per heavy atom. The molecule has 0 aliphatic rings. The van der Waals surface area contributed by atoms with Gasteiger partial charge in [0.25, 0.3) is 0 Å². The molecule has 0 aliphatic carbocycles. The summed E-state index contributed by atoms with van der Waals surface area (Å²) < 4.78 is 9.77. The van der Waals surface area contributed by atoms with Crippen LogP contribution in [0.15, 0.2) is 431 Å². The minimum atomic E-state index is 0.692. The van der Waals surface area contributed by atoms with E-state index in [9.17, 15) is 0 Å². The molecule has 7 heteroatoms. The minimum absolute atomic E-state index is 0.692. The zero-order chi connectivity index (χ0) is 77.7. The first-order chi connectivity index (χ1) is 58.5. The van der Waals surface area contributed by atoms with E-state index in [1.54, 1.807) is 0 Å². The average Bonchev–Trinajstić information content (AvgIpc) is 1.55. The van der Waals surface area contributed by atoms with Gasteiger partial charge in [-0.2, -0.15) is 0 Å². The quantitative estimate of drug-likeness (QED) is 0.130. The smallest absolute Gasteiger partial charge is 0.160 e. The summed E-state index contributed by atoms with van der Waals surface area (Å²) in [6.45, 7) is 0. The highest BCUT2D eigenvalue weighted by molar-refractivity contribution is 6.28. The number of aromatic nitrogens is 7. The maximum atomic E-state index is 5.30. The van der Waals surface area contributed by atoms with Gasteiger partial charge in [-0.05, 0) is 171 Å². The lowest BCUT2D eigenvalue weighted by atomic mass is 9.98. The van der Waals surface area contributed by atoms with Crippen LogP contribution in [0, 0.1) is 0 Å². The highest BCUT2D eigenvalue weighted by atomic mass is 15.0. The van der Waals surface area contributed by atoms with Crippen molar-refractivity contribution in [3.05, 3.63) is 431 Å². The second kappa shape index (κ2) is 28.1. The number of benzene rings is 18. The van der Waals surface area contributed by atoms with E-state index in [2.05, 4.69) is 443 Å². The molecule has 118 heavy (non-hydrogen) atoms. The van der Waals surface area contributed by atoms with Crippen molar-refractivity contribution in [2.75, 3.05) is 0 Å². The number of pyridine rings is 1. The van der Waals surface area contributed by atoms with Crippen LogP contribution in [-0.2, 0) is 0 Å². The minimum Gasteiger partial charge on any atom is -0.309 e. The number of fused-ring (bicyclic) bond motifs is 17. The Bertz CT molecular complexity index is 8070. The first-order valence-corrected chi connectivity index (χ1v) is 40.3. The SMILES string of the molecule is c1ccc(-c2cc(-c3ccc(-n4c5ccccc5c5c4ccc4c6ccccc6n(-c6cccc7ccccc67)c45)cc3)nc(-c3ccc4ccccc4c3)c2)cc1.c1ccc(-c2ccc(-n3c4ccccc4c4ccc5c(c6ccccc6n5-c5ccc(-c6nc(-c7ccccc7)cc(-c7ccc8ccccc8c7)n6)cc5)c43)cc2)cc1. The van der Waals surface area contributed by atoms with E-state index in [4.69, 9.17) is 15.0 Å². The van der Waals surface area contributed by atoms with Crippen LogP contribution >= 0.6 is 0 Å². The van der Waals surface area contributed by atoms with Crippen molar-refractivity contribution >= 4 is 120 Å². The molecule has 24 aromatic rings. The molecule has 0 radical (unpaired) electrons. The van der Waals surface area contributed by atoms with Gasteiger partial charge in [0.05, 0.1) is 72.6 Å². The van der Waals surface area contributed by atoms with Crippen LogP contribution < -0.4 is 0 Å². The van der Waals surface area contributed by atoms with Gasteiger partial charge in [0.2, 0.25) is 0 Å². The van der Waals surface area contributed by atoms with Crippen LogP contribution in [0.3, 0.4) is 0 Å². The van der Waals surface area contributed by atoms with E-state index in [-0.39, 0.29) is 0 Å². The van der Waals surface area contributed by atoms with Crippen molar-refractivity contribution in [3.63, 3.8) is 0 Å². The fourth-order valence-corrected chi connectivity index (χ4v) is 18.3. The first-order valence-electron chi connectivity index (χ1n) is 40.3. The molecule has 0 saturated carbocycles. The van der Waals surface area contributed by atoms with E-state index in [0.29, 0.717) is 5.82 Å². The standard InChI is InChI=1S/C56H36N4.C55H35N3/c1-3-13-37(14-4-1)39-25-29-45(30-26-39)60-51-21-11-9-19-46(51)47-33-34-53-54(55(47)60)48-20-10-12-22-52(48)59(53)44-31-27-41(28-32-44)56-57-49(40-16-5-2-6-17-40)36-50(58-56)43-24-23-38-15-7-8-18-42(38)35-43;1-2-13-36(14-3-1)42-34-48(56-49(35-42)41-26-25-37-15-4-5-17-40(37)33-41)39-27-29-43(30-28-39)57-52-23-11-9-21-47(52)54-53(57)32-31-46-45-20-8-10-22-51(45)58(55(46)54)50-24-12-18-38-16-6-7-19-44(38)50/h1-36H;1-35H. The molecule has 0 unspecified atom stereocenters. The highest BCUT2D eigenvalue weighted by Gasteiger charge is 2.25. The monoisotopic (exact) mass is 1500 g/mol. The summed E-state index contributed by atoms with van der Waals surface area (Å²) in [5, 5.41) is 17.2. The molecule has 550 valence electrons. The number of hydrogen-bond donors (Lipinski definition) is 0. The fraction of sp³-hybridized carbons (Fsp3) is 0. The molecule has 0 saturated heterocycles. The molecule has 18 aromatic carbocycles. The number of nitrogens with zero attached hydrogens (tertiary/aromatic N) is 7. The van der Waals surface area contributed by atoms with Gasteiger partial charge in [0.15, 0.2) is 5.82 Å². The third-order valence-electron chi connectivity index (χ3n) is 23.8. The summed E-state index contributed by atoms with van der Waals surface area (Å²) in [5.74, 6) is 0.692. The Kier molecular flexibility index (Phi) is 16.1. The second-order valence-corrected chi connectivity index (χ2v) is 30.6. The highest BCUT2D eigenvalue weighted by Crippen LogP contribution is 2.46. The van der Waals surface area contributed by atoms with E-state index < -0.39 is 0 Å². The Labute approximate surface area is 680 Å². The van der Waals surface area contributed by atoms with Gasteiger partial charge in [0, 0.05) is 93.4 Å². The van der Waals surface area contributed by atoms with Gasteiger partial charge < -0.3 is 18.3 Å². The zero-order valence-electron chi connectivity index (χ0n) is 64.1. The van der Waals surface area contributed by atoms with Gasteiger partial charge in [-0.1, -0.05) is 309 Å². The predicted octanol–water partition coefficient (Wildman–Crippen LogP) is 29.1. The molecule has 0 spiro atoms. The van der Waals surface area contributed by atoms with E-state index >= 15 is 0 Å². The normalized spacial score (nSPS) is 11.7. The van der Waals surface area contributed by atoms with Crippen molar-refractivity contribution in [2.45, 2.75) is 0 Å². The Morgan fingerprint density at radius 3 is 1.04 bits per heavy atom. The first kappa shape index (κ1) is 67.8. The summed E-state index contributed by atoms with van der Waals surface area (Å²) in [6, 6.07) is 155. The van der Waals surface area contributed by atoms with Crippen LogP contribution in [0.25, 0.3) is 221 Å². The fourth-order valence-electron chi connectivity index (χ4n) is 18.3. The lowest BCUT2D eigenvalue weighted by molar-refractivity contribution is 1.16. The van der Waals surface area contributed by atoms with Gasteiger partial charge >= 0.3 is 0 Å². The van der Waals surface area contributed by atoms with Crippen molar-refractivity contribution < 1.29 is 0 Å². The molecule has 0 bridgehead atoms. The maximum Gasteiger partial charge on any atom is 0.160 e. The molecule has 7 nitrogen and oxygen atoms in total. The van der Waals surface area contributed by atoms with Crippen LogP contribution in [-0.4, -0.2) is 33.2 Å². The van der Waals surface area contributed by atoms with Crippen molar-refractivity contribution in [2.24, 2.45) is 0 Å². The zero-order valence-corrected chi connectivity index (χ0v) is 64.1. The predicted molar refractivity (Wildman–Crippen MR) is 494 cm³/mol. The average molecular weight is 1500 g/mol. The molecule has 0 amide bonds. The number of para-hydroxylation sites is 4. The molecule has 24 rings (SSSR count).